The summed E-state index contributed by atoms with van der Waals surface area (Å²) in [7, 11) is -3.64. The fraction of sp³-hybridized carbons (Fsp3) is 0.429. The molecule has 2 atom stereocenters. The Morgan fingerprint density at radius 1 is 1.48 bits per heavy atom. The smallest absolute Gasteiger partial charge is 0.308 e. The number of carbonyl (C=O) groups is 1. The van der Waals surface area contributed by atoms with Gasteiger partial charge in [-0.15, -0.1) is 0 Å². The van der Waals surface area contributed by atoms with Crippen LogP contribution in [-0.4, -0.2) is 36.4 Å². The molecule has 1 fully saturated rings. The second-order valence-electron chi connectivity index (χ2n) is 5.11. The molecule has 21 heavy (non-hydrogen) atoms. The van der Waals surface area contributed by atoms with Crippen molar-refractivity contribution in [2.24, 2.45) is 5.92 Å². The van der Waals surface area contributed by atoms with Crippen LogP contribution >= 0.6 is 0 Å². The number of hydrogen-bond acceptors (Lipinski definition) is 4. The van der Waals surface area contributed by atoms with Gasteiger partial charge in [0.15, 0.2) is 0 Å². The van der Waals surface area contributed by atoms with Gasteiger partial charge in [0.2, 0.25) is 10.0 Å². The molecule has 1 aromatic carbocycles. The third-order valence-corrected chi connectivity index (χ3v) is 5.75. The Bertz CT molecular complexity index is 693. The first-order valence-electron chi connectivity index (χ1n) is 6.57. The zero-order chi connectivity index (χ0) is 15.6. The highest BCUT2D eigenvalue weighted by atomic mass is 32.2. The Morgan fingerprint density at radius 3 is 2.71 bits per heavy atom. The van der Waals surface area contributed by atoms with E-state index in [2.05, 4.69) is 0 Å². The number of sulfonamides is 1. The predicted octanol–water partition coefficient (Wildman–Crippen LogP) is 1.18. The van der Waals surface area contributed by atoms with Gasteiger partial charge in [0, 0.05) is 12.6 Å². The van der Waals surface area contributed by atoms with Gasteiger partial charge < -0.3 is 5.11 Å². The Morgan fingerprint density at radius 2 is 2.14 bits per heavy atom. The Balaban J connectivity index is 2.24. The molecule has 1 aliphatic heterocycles. The second kappa shape index (κ2) is 5.84. The summed E-state index contributed by atoms with van der Waals surface area (Å²) in [6.07, 6.45) is 0.315. The molecule has 0 spiro atoms. The van der Waals surface area contributed by atoms with Gasteiger partial charge in [-0.1, -0.05) is 18.2 Å². The third-order valence-electron chi connectivity index (χ3n) is 3.85. The fourth-order valence-electron chi connectivity index (χ4n) is 2.67. The summed E-state index contributed by atoms with van der Waals surface area (Å²) in [5.41, 5.74) is 0.758. The van der Waals surface area contributed by atoms with Crippen LogP contribution in [0.15, 0.2) is 24.3 Å². The maximum Gasteiger partial charge on any atom is 0.308 e. The summed E-state index contributed by atoms with van der Waals surface area (Å²) in [6, 6.07) is 7.93. The number of aliphatic carboxylic acids is 1. The van der Waals surface area contributed by atoms with Crippen molar-refractivity contribution in [3.63, 3.8) is 0 Å². The third kappa shape index (κ3) is 3.06. The predicted molar refractivity (Wildman–Crippen MR) is 75.7 cm³/mol. The monoisotopic (exact) mass is 308 g/mol. The highest BCUT2D eigenvalue weighted by Crippen LogP contribution is 2.28. The molecule has 0 aliphatic carbocycles. The molecule has 1 heterocycles. The Labute approximate surface area is 123 Å². The molecule has 0 aromatic heterocycles. The number of benzene rings is 1. The standard InChI is InChI=1S/C14H16N2O4S/c1-10-13(14(17)18)6-7-16(10)21(19,20)9-12-5-3-2-4-11(12)8-15/h2-5,10,13H,6-7,9H2,1H3,(H,17,18). The molecule has 1 saturated heterocycles. The molecule has 0 bridgehead atoms. The molecule has 0 amide bonds. The lowest BCUT2D eigenvalue weighted by Gasteiger charge is -2.22. The molecule has 6 nitrogen and oxygen atoms in total. The molecule has 7 heteroatoms. The number of nitriles is 1. The zero-order valence-electron chi connectivity index (χ0n) is 11.6. The van der Waals surface area contributed by atoms with Gasteiger partial charge in [-0.3, -0.25) is 4.79 Å². The van der Waals surface area contributed by atoms with E-state index >= 15 is 0 Å². The first kappa shape index (κ1) is 15.5. The second-order valence-corrected chi connectivity index (χ2v) is 7.03. The van der Waals surface area contributed by atoms with E-state index in [1.165, 1.54) is 4.31 Å². The Hall–Kier alpha value is -1.91. The van der Waals surface area contributed by atoms with Crippen molar-refractivity contribution >= 4 is 16.0 Å². The van der Waals surface area contributed by atoms with Crippen LogP contribution in [0.4, 0.5) is 0 Å². The summed E-state index contributed by atoms with van der Waals surface area (Å²) >= 11 is 0. The molecular weight excluding hydrogens is 292 g/mol. The topological polar surface area (TPSA) is 98.5 Å². The molecule has 1 N–H and O–H groups in total. The lowest BCUT2D eigenvalue weighted by molar-refractivity contribution is -0.142. The zero-order valence-corrected chi connectivity index (χ0v) is 12.4. The Kier molecular flexibility index (Phi) is 4.30. The lowest BCUT2D eigenvalue weighted by atomic mass is 10.0. The molecule has 1 aromatic rings. The maximum atomic E-state index is 12.5. The van der Waals surface area contributed by atoms with Gasteiger partial charge in [0.25, 0.3) is 0 Å². The van der Waals surface area contributed by atoms with Crippen molar-refractivity contribution in [2.45, 2.75) is 25.1 Å². The number of carboxylic acids is 1. The van der Waals surface area contributed by atoms with E-state index < -0.39 is 28.0 Å². The number of rotatable bonds is 4. The van der Waals surface area contributed by atoms with E-state index in [0.29, 0.717) is 17.5 Å². The van der Waals surface area contributed by atoms with Gasteiger partial charge in [-0.05, 0) is 25.0 Å². The van der Waals surface area contributed by atoms with E-state index in [1.54, 1.807) is 31.2 Å². The highest BCUT2D eigenvalue weighted by molar-refractivity contribution is 7.88. The van der Waals surface area contributed by atoms with Crippen LogP contribution in [-0.2, 0) is 20.6 Å². The van der Waals surface area contributed by atoms with Crippen LogP contribution in [0.2, 0.25) is 0 Å². The van der Waals surface area contributed by atoms with E-state index in [9.17, 15) is 13.2 Å². The van der Waals surface area contributed by atoms with E-state index in [1.807, 2.05) is 6.07 Å². The van der Waals surface area contributed by atoms with Crippen LogP contribution < -0.4 is 0 Å². The van der Waals surface area contributed by atoms with Crippen molar-refractivity contribution in [2.75, 3.05) is 6.54 Å². The lowest BCUT2D eigenvalue weighted by Crippen LogP contribution is -2.38. The molecule has 1 aliphatic rings. The highest BCUT2D eigenvalue weighted by Gasteiger charge is 2.41. The van der Waals surface area contributed by atoms with Crippen LogP contribution in [0.3, 0.4) is 0 Å². The van der Waals surface area contributed by atoms with E-state index in [-0.39, 0.29) is 12.3 Å². The quantitative estimate of drug-likeness (QED) is 0.900. The van der Waals surface area contributed by atoms with Gasteiger partial charge in [0.1, 0.15) is 0 Å². The normalized spacial score (nSPS) is 22.9. The summed E-state index contributed by atoms with van der Waals surface area (Å²) in [6.45, 7) is 1.81. The minimum atomic E-state index is -3.64. The summed E-state index contributed by atoms with van der Waals surface area (Å²) in [5, 5.41) is 18.1. The average Bonchev–Trinajstić information content (AvgIpc) is 2.81. The van der Waals surface area contributed by atoms with Gasteiger partial charge in [-0.25, -0.2) is 8.42 Å². The average molecular weight is 308 g/mol. The fourth-order valence-corrected chi connectivity index (χ4v) is 4.52. The summed E-state index contributed by atoms with van der Waals surface area (Å²) in [4.78, 5) is 11.1. The molecule has 0 saturated carbocycles. The minimum Gasteiger partial charge on any atom is -0.481 e. The first-order valence-corrected chi connectivity index (χ1v) is 8.18. The SMILES string of the molecule is CC1C(C(=O)O)CCN1S(=O)(=O)Cc1ccccc1C#N. The number of carboxylic acid groups (broad SMARTS) is 1. The largest absolute Gasteiger partial charge is 0.481 e. The molecular formula is C14H16N2O4S. The first-order chi connectivity index (χ1) is 9.86. The maximum absolute atomic E-state index is 12.5. The van der Waals surface area contributed by atoms with Crippen LogP contribution in [0.5, 0.6) is 0 Å². The molecule has 112 valence electrons. The van der Waals surface area contributed by atoms with Gasteiger partial charge in [0.05, 0.1) is 23.3 Å². The summed E-state index contributed by atoms with van der Waals surface area (Å²) in [5.74, 6) is -1.93. The van der Waals surface area contributed by atoms with E-state index in [4.69, 9.17) is 10.4 Å². The van der Waals surface area contributed by atoms with Crippen molar-refractivity contribution < 1.29 is 18.3 Å². The van der Waals surface area contributed by atoms with E-state index in [0.717, 1.165) is 0 Å². The van der Waals surface area contributed by atoms with Crippen LogP contribution in [0.1, 0.15) is 24.5 Å². The minimum absolute atomic E-state index is 0.204. The molecule has 2 unspecified atom stereocenters. The molecule has 2 rings (SSSR count). The van der Waals surface area contributed by atoms with Crippen LogP contribution in [0.25, 0.3) is 0 Å². The molecule has 0 radical (unpaired) electrons. The van der Waals surface area contributed by atoms with Gasteiger partial charge in [-0.2, -0.15) is 9.57 Å². The number of hydrogen-bond donors (Lipinski definition) is 1. The summed E-state index contributed by atoms with van der Waals surface area (Å²) < 4.78 is 26.2. The van der Waals surface area contributed by atoms with Crippen molar-refractivity contribution in [1.82, 2.24) is 4.31 Å². The number of nitrogens with zero attached hydrogens (tertiary/aromatic N) is 2. The van der Waals surface area contributed by atoms with Gasteiger partial charge >= 0.3 is 5.97 Å². The van der Waals surface area contributed by atoms with Crippen molar-refractivity contribution in [3.8, 4) is 6.07 Å². The van der Waals surface area contributed by atoms with Crippen molar-refractivity contribution in [3.05, 3.63) is 35.4 Å². The van der Waals surface area contributed by atoms with Crippen LogP contribution in [0, 0.1) is 17.2 Å². The van der Waals surface area contributed by atoms with Crippen molar-refractivity contribution in [1.29, 1.82) is 5.26 Å².